The van der Waals surface area contributed by atoms with Crippen molar-refractivity contribution in [3.05, 3.63) is 32.8 Å². The van der Waals surface area contributed by atoms with Crippen LogP contribution in [0.25, 0.3) is 0 Å². The average molecular weight is 298 g/mol. The molecule has 0 nitrogen and oxygen atoms in total. The third kappa shape index (κ3) is 1.98. The summed E-state index contributed by atoms with van der Waals surface area (Å²) in [5, 5.41) is 1.61. The van der Waals surface area contributed by atoms with Gasteiger partial charge >= 0.3 is 0 Å². The Balaban J connectivity index is 3.29. The second kappa shape index (κ2) is 3.92. The van der Waals surface area contributed by atoms with Gasteiger partial charge < -0.3 is 0 Å². The minimum atomic E-state index is 0.803. The van der Waals surface area contributed by atoms with Gasteiger partial charge in [0, 0.05) is 9.80 Å². The minimum Gasteiger partial charge on any atom is -0.0876 e. The van der Waals surface area contributed by atoms with E-state index in [0.717, 1.165) is 20.4 Å². The highest BCUT2D eigenvalue weighted by Crippen LogP contribution is 2.29. The van der Waals surface area contributed by atoms with Crippen LogP contribution in [0.15, 0.2) is 16.6 Å². The molecule has 1 aromatic rings. The highest BCUT2D eigenvalue weighted by atomic mass is 79.9. The van der Waals surface area contributed by atoms with Crippen LogP contribution < -0.4 is 0 Å². The summed E-state index contributed by atoms with van der Waals surface area (Å²) in [6.07, 6.45) is 0. The van der Waals surface area contributed by atoms with E-state index < -0.39 is 0 Å². The predicted molar refractivity (Wildman–Crippen MR) is 56.5 cm³/mol. The Morgan fingerprint density at radius 1 is 1.45 bits per heavy atom. The zero-order valence-corrected chi connectivity index (χ0v) is 9.92. The van der Waals surface area contributed by atoms with E-state index in [-0.39, 0.29) is 0 Å². The van der Waals surface area contributed by atoms with E-state index in [1.54, 1.807) is 0 Å². The fourth-order valence-corrected chi connectivity index (χ4v) is 2.39. The van der Waals surface area contributed by atoms with Gasteiger partial charge in [-0.25, -0.2) is 0 Å². The molecule has 0 bridgehead atoms. The third-order valence-corrected chi connectivity index (χ3v) is 3.45. The average Bonchev–Trinajstić information content (AvgIpc) is 1.99. The number of benzene rings is 1. The van der Waals surface area contributed by atoms with Gasteiger partial charge in [-0.1, -0.05) is 33.6 Å². The van der Waals surface area contributed by atoms with Crippen molar-refractivity contribution in [1.29, 1.82) is 0 Å². The summed E-state index contributed by atoms with van der Waals surface area (Å²) in [6, 6.07) is 4.01. The summed E-state index contributed by atoms with van der Waals surface area (Å²) < 4.78 is 0.958. The zero-order chi connectivity index (χ0) is 8.43. The topological polar surface area (TPSA) is 0 Å². The van der Waals surface area contributed by atoms with Gasteiger partial charge in [0.05, 0.1) is 5.02 Å². The number of alkyl halides is 1. The van der Waals surface area contributed by atoms with Gasteiger partial charge in [-0.3, -0.25) is 0 Å². The molecule has 0 heterocycles. The van der Waals surface area contributed by atoms with E-state index in [0.29, 0.717) is 0 Å². The second-order valence-electron chi connectivity index (χ2n) is 2.29. The van der Waals surface area contributed by atoms with Crippen molar-refractivity contribution in [1.82, 2.24) is 0 Å². The molecule has 0 spiro atoms. The van der Waals surface area contributed by atoms with Crippen LogP contribution in [0.3, 0.4) is 0 Å². The SMILES string of the molecule is Cc1ccc(Br)c(Cl)c1CBr. The number of rotatable bonds is 1. The fourth-order valence-electron chi connectivity index (χ4n) is 0.853. The highest BCUT2D eigenvalue weighted by molar-refractivity contribution is 9.10. The first-order chi connectivity index (χ1) is 5.16. The Bertz CT molecular complexity index is 271. The molecule has 0 aromatic heterocycles. The Hall–Kier alpha value is 0.470. The lowest BCUT2D eigenvalue weighted by molar-refractivity contribution is 1.31. The molecular formula is C8H7Br2Cl. The number of aryl methyl sites for hydroxylation is 1. The third-order valence-electron chi connectivity index (χ3n) is 1.56. The van der Waals surface area contributed by atoms with E-state index in [4.69, 9.17) is 11.6 Å². The molecule has 0 aliphatic rings. The van der Waals surface area contributed by atoms with Gasteiger partial charge in [0.1, 0.15) is 0 Å². The molecule has 60 valence electrons. The first-order valence-electron chi connectivity index (χ1n) is 3.16. The summed E-state index contributed by atoms with van der Waals surface area (Å²) in [5.41, 5.74) is 2.37. The van der Waals surface area contributed by atoms with Crippen LogP contribution in [0.2, 0.25) is 5.02 Å². The molecular weight excluding hydrogens is 291 g/mol. The fraction of sp³-hybridized carbons (Fsp3) is 0.250. The molecule has 0 radical (unpaired) electrons. The Morgan fingerprint density at radius 3 is 2.55 bits per heavy atom. The molecule has 0 unspecified atom stereocenters. The van der Waals surface area contributed by atoms with Crippen molar-refractivity contribution >= 4 is 43.5 Å². The molecule has 0 saturated carbocycles. The molecule has 1 rings (SSSR count). The number of hydrogen-bond acceptors (Lipinski definition) is 0. The standard InChI is InChI=1S/C8H7Br2Cl/c1-5-2-3-7(10)8(11)6(5)4-9/h2-3H,4H2,1H3. The first-order valence-corrected chi connectivity index (χ1v) is 5.45. The largest absolute Gasteiger partial charge is 0.0876 e. The highest BCUT2D eigenvalue weighted by Gasteiger charge is 2.05. The molecule has 0 aliphatic heterocycles. The number of halogens is 3. The van der Waals surface area contributed by atoms with E-state index in [9.17, 15) is 0 Å². The van der Waals surface area contributed by atoms with Crippen molar-refractivity contribution in [2.75, 3.05) is 0 Å². The van der Waals surface area contributed by atoms with Crippen molar-refractivity contribution in [2.45, 2.75) is 12.3 Å². The lowest BCUT2D eigenvalue weighted by Crippen LogP contribution is -1.86. The van der Waals surface area contributed by atoms with Crippen LogP contribution in [0.1, 0.15) is 11.1 Å². The zero-order valence-electron chi connectivity index (χ0n) is 6.00. The molecule has 0 atom stereocenters. The van der Waals surface area contributed by atoms with E-state index in [1.165, 1.54) is 5.56 Å². The lowest BCUT2D eigenvalue weighted by atomic mass is 10.1. The predicted octanol–water partition coefficient (Wildman–Crippen LogP) is 4.31. The molecule has 0 fully saturated rings. The summed E-state index contributed by atoms with van der Waals surface area (Å²) in [5.74, 6) is 0. The monoisotopic (exact) mass is 296 g/mol. The van der Waals surface area contributed by atoms with Crippen molar-refractivity contribution in [2.24, 2.45) is 0 Å². The quantitative estimate of drug-likeness (QED) is 0.678. The maximum absolute atomic E-state index is 6.02. The first kappa shape index (κ1) is 9.56. The molecule has 0 aliphatic carbocycles. The summed E-state index contributed by atoms with van der Waals surface area (Å²) in [4.78, 5) is 0. The summed E-state index contributed by atoms with van der Waals surface area (Å²) >= 11 is 12.8. The maximum atomic E-state index is 6.02. The maximum Gasteiger partial charge on any atom is 0.0591 e. The molecule has 1 aromatic carbocycles. The molecule has 0 amide bonds. The normalized spacial score (nSPS) is 10.2. The second-order valence-corrected chi connectivity index (χ2v) is 4.08. The Kier molecular flexibility index (Phi) is 3.41. The van der Waals surface area contributed by atoms with Crippen LogP contribution in [0, 0.1) is 6.92 Å². The van der Waals surface area contributed by atoms with E-state index in [2.05, 4.69) is 38.8 Å². The van der Waals surface area contributed by atoms with Crippen molar-refractivity contribution in [3.8, 4) is 0 Å². The molecule has 0 saturated heterocycles. The Labute approximate surface area is 88.2 Å². The minimum absolute atomic E-state index is 0.803. The van der Waals surface area contributed by atoms with Crippen LogP contribution >= 0.6 is 43.5 Å². The molecule has 3 heteroatoms. The van der Waals surface area contributed by atoms with E-state index in [1.807, 2.05) is 12.1 Å². The van der Waals surface area contributed by atoms with Gasteiger partial charge in [0.15, 0.2) is 0 Å². The van der Waals surface area contributed by atoms with Crippen LogP contribution in [-0.2, 0) is 5.33 Å². The molecule has 11 heavy (non-hydrogen) atoms. The van der Waals surface area contributed by atoms with Crippen LogP contribution in [0.5, 0.6) is 0 Å². The van der Waals surface area contributed by atoms with Gasteiger partial charge in [-0.2, -0.15) is 0 Å². The van der Waals surface area contributed by atoms with Crippen LogP contribution in [-0.4, -0.2) is 0 Å². The lowest BCUT2D eigenvalue weighted by Gasteiger charge is -2.05. The molecule has 0 N–H and O–H groups in total. The van der Waals surface area contributed by atoms with Crippen molar-refractivity contribution < 1.29 is 0 Å². The number of hydrogen-bond donors (Lipinski definition) is 0. The van der Waals surface area contributed by atoms with Gasteiger partial charge in [0.25, 0.3) is 0 Å². The van der Waals surface area contributed by atoms with Gasteiger partial charge in [0.2, 0.25) is 0 Å². The smallest absolute Gasteiger partial charge is 0.0591 e. The van der Waals surface area contributed by atoms with Crippen LogP contribution in [0.4, 0.5) is 0 Å². The van der Waals surface area contributed by atoms with Gasteiger partial charge in [-0.15, -0.1) is 0 Å². The van der Waals surface area contributed by atoms with E-state index >= 15 is 0 Å². The Morgan fingerprint density at radius 2 is 2.09 bits per heavy atom. The van der Waals surface area contributed by atoms with Crippen molar-refractivity contribution in [3.63, 3.8) is 0 Å². The summed E-state index contributed by atoms with van der Waals surface area (Å²) in [6.45, 7) is 2.05. The summed E-state index contributed by atoms with van der Waals surface area (Å²) in [7, 11) is 0. The van der Waals surface area contributed by atoms with Gasteiger partial charge in [-0.05, 0) is 40.0 Å².